The standard InChI is InChI=1S/C15H17NO3S2/c1-10-14(20-11(2)16-10)9-19-15(17)8-12-4-6-13(7-5-12)21(3)18/h4-7H,8-9H2,1-3H3. The quantitative estimate of drug-likeness (QED) is 0.794. The molecular weight excluding hydrogens is 306 g/mol. The molecule has 1 heterocycles. The summed E-state index contributed by atoms with van der Waals surface area (Å²) in [6.07, 6.45) is 1.84. The van der Waals surface area contributed by atoms with E-state index in [9.17, 15) is 9.00 Å². The summed E-state index contributed by atoms with van der Waals surface area (Å²) in [5, 5.41) is 0.974. The molecule has 112 valence electrons. The number of carbonyl (C=O) groups excluding carboxylic acids is 1. The predicted molar refractivity (Wildman–Crippen MR) is 83.9 cm³/mol. The summed E-state index contributed by atoms with van der Waals surface area (Å²) in [6, 6.07) is 7.16. The molecule has 0 aliphatic heterocycles. The highest BCUT2D eigenvalue weighted by Crippen LogP contribution is 2.18. The SMILES string of the molecule is Cc1nc(C)c(COC(=O)Cc2ccc(S(C)=O)cc2)s1. The van der Waals surface area contributed by atoms with E-state index < -0.39 is 10.8 Å². The van der Waals surface area contributed by atoms with Crippen molar-refractivity contribution in [2.45, 2.75) is 31.8 Å². The van der Waals surface area contributed by atoms with Crippen LogP contribution in [0.25, 0.3) is 0 Å². The van der Waals surface area contributed by atoms with E-state index in [1.807, 2.05) is 13.8 Å². The Kier molecular flexibility index (Phi) is 5.25. The van der Waals surface area contributed by atoms with Crippen LogP contribution in [-0.4, -0.2) is 21.4 Å². The fourth-order valence-electron chi connectivity index (χ4n) is 1.87. The molecule has 21 heavy (non-hydrogen) atoms. The number of nitrogens with zero attached hydrogens (tertiary/aromatic N) is 1. The van der Waals surface area contributed by atoms with Gasteiger partial charge >= 0.3 is 5.97 Å². The maximum Gasteiger partial charge on any atom is 0.310 e. The van der Waals surface area contributed by atoms with Crippen LogP contribution in [0, 0.1) is 13.8 Å². The second-order valence-corrected chi connectivity index (χ2v) is 7.34. The summed E-state index contributed by atoms with van der Waals surface area (Å²) in [4.78, 5) is 17.9. The van der Waals surface area contributed by atoms with Crippen molar-refractivity contribution in [3.63, 3.8) is 0 Å². The number of thiazole rings is 1. The Morgan fingerprint density at radius 3 is 2.48 bits per heavy atom. The number of ether oxygens (including phenoxy) is 1. The van der Waals surface area contributed by atoms with E-state index in [0.717, 1.165) is 26.0 Å². The molecular formula is C15H17NO3S2. The number of carbonyl (C=O) groups is 1. The van der Waals surface area contributed by atoms with Gasteiger partial charge < -0.3 is 4.74 Å². The van der Waals surface area contributed by atoms with E-state index in [2.05, 4.69) is 4.98 Å². The molecule has 6 heteroatoms. The molecule has 0 fully saturated rings. The number of benzene rings is 1. The molecule has 0 aliphatic rings. The lowest BCUT2D eigenvalue weighted by Crippen LogP contribution is -2.08. The van der Waals surface area contributed by atoms with Gasteiger partial charge in [-0.1, -0.05) is 12.1 Å². The summed E-state index contributed by atoms with van der Waals surface area (Å²) < 4.78 is 16.6. The van der Waals surface area contributed by atoms with Crippen LogP contribution in [0.2, 0.25) is 0 Å². The van der Waals surface area contributed by atoms with Gasteiger partial charge in [-0.25, -0.2) is 4.98 Å². The minimum Gasteiger partial charge on any atom is -0.460 e. The Morgan fingerprint density at radius 1 is 1.29 bits per heavy atom. The third kappa shape index (κ3) is 4.47. The van der Waals surface area contributed by atoms with Crippen molar-refractivity contribution in [3.8, 4) is 0 Å². The van der Waals surface area contributed by atoms with Crippen LogP contribution >= 0.6 is 11.3 Å². The normalized spacial score (nSPS) is 12.1. The lowest BCUT2D eigenvalue weighted by Gasteiger charge is -2.04. The van der Waals surface area contributed by atoms with Crippen LogP contribution in [-0.2, 0) is 33.4 Å². The maximum absolute atomic E-state index is 11.8. The zero-order chi connectivity index (χ0) is 15.4. The predicted octanol–water partition coefficient (Wildman–Crippen LogP) is 2.78. The van der Waals surface area contributed by atoms with Gasteiger partial charge in [0.05, 0.1) is 22.0 Å². The Labute approximate surface area is 130 Å². The summed E-state index contributed by atoms with van der Waals surface area (Å²) in [7, 11) is -1.00. The number of hydrogen-bond donors (Lipinski definition) is 0. The first-order valence-electron chi connectivity index (χ1n) is 6.46. The molecule has 4 nitrogen and oxygen atoms in total. The first-order chi connectivity index (χ1) is 9.95. The van der Waals surface area contributed by atoms with Crippen LogP contribution in [0.3, 0.4) is 0 Å². The molecule has 1 aromatic heterocycles. The molecule has 1 aromatic carbocycles. The van der Waals surface area contributed by atoms with Crippen molar-refractivity contribution in [1.29, 1.82) is 0 Å². The fraction of sp³-hybridized carbons (Fsp3) is 0.333. The fourth-order valence-corrected chi connectivity index (χ4v) is 3.24. The number of hydrogen-bond acceptors (Lipinski definition) is 5. The van der Waals surface area contributed by atoms with Gasteiger partial charge in [0.25, 0.3) is 0 Å². The highest BCUT2D eigenvalue weighted by atomic mass is 32.2. The topological polar surface area (TPSA) is 56.3 Å². The molecule has 1 unspecified atom stereocenters. The van der Waals surface area contributed by atoms with Crippen molar-refractivity contribution in [2.75, 3.05) is 6.26 Å². The Balaban J connectivity index is 1.89. The third-order valence-corrected chi connectivity index (χ3v) is 4.95. The molecule has 0 bridgehead atoms. The first kappa shape index (κ1) is 15.9. The number of rotatable bonds is 5. The zero-order valence-corrected chi connectivity index (χ0v) is 13.8. The zero-order valence-electron chi connectivity index (χ0n) is 12.2. The summed E-state index contributed by atoms with van der Waals surface area (Å²) in [5.41, 5.74) is 1.77. The summed E-state index contributed by atoms with van der Waals surface area (Å²) >= 11 is 1.55. The number of aromatic nitrogens is 1. The molecule has 0 saturated carbocycles. The number of aryl methyl sites for hydroxylation is 2. The molecule has 0 aliphatic carbocycles. The van der Waals surface area contributed by atoms with Gasteiger partial charge in [-0.05, 0) is 31.5 Å². The first-order valence-corrected chi connectivity index (χ1v) is 8.84. The molecule has 2 rings (SSSR count). The molecule has 1 atom stereocenters. The van der Waals surface area contributed by atoms with Crippen molar-refractivity contribution in [2.24, 2.45) is 0 Å². The van der Waals surface area contributed by atoms with E-state index in [4.69, 9.17) is 4.74 Å². The largest absolute Gasteiger partial charge is 0.460 e. The van der Waals surface area contributed by atoms with E-state index in [-0.39, 0.29) is 19.0 Å². The maximum atomic E-state index is 11.8. The summed E-state index contributed by atoms with van der Waals surface area (Å²) in [5.74, 6) is -0.272. The summed E-state index contributed by atoms with van der Waals surface area (Å²) in [6.45, 7) is 4.12. The van der Waals surface area contributed by atoms with Gasteiger partial charge in [-0.15, -0.1) is 11.3 Å². The molecule has 0 saturated heterocycles. The highest BCUT2D eigenvalue weighted by molar-refractivity contribution is 7.84. The van der Waals surface area contributed by atoms with Crippen LogP contribution in [0.4, 0.5) is 0 Å². The second kappa shape index (κ2) is 6.95. The van der Waals surface area contributed by atoms with Gasteiger partial charge in [-0.2, -0.15) is 0 Å². The molecule has 0 amide bonds. The minimum absolute atomic E-state index is 0.216. The minimum atomic E-state index is -1.00. The number of esters is 1. The third-order valence-electron chi connectivity index (χ3n) is 2.97. The Hall–Kier alpha value is -1.53. The second-order valence-electron chi connectivity index (χ2n) is 4.68. The van der Waals surface area contributed by atoms with Crippen LogP contribution in [0.15, 0.2) is 29.2 Å². The van der Waals surface area contributed by atoms with E-state index in [1.54, 1.807) is 41.9 Å². The molecule has 0 spiro atoms. The average Bonchev–Trinajstić information content (AvgIpc) is 2.75. The smallest absolute Gasteiger partial charge is 0.310 e. The Bertz CT molecular complexity index is 662. The average molecular weight is 323 g/mol. The lowest BCUT2D eigenvalue weighted by atomic mass is 10.1. The van der Waals surface area contributed by atoms with Gasteiger partial charge in [0, 0.05) is 22.0 Å². The molecule has 0 N–H and O–H groups in total. The van der Waals surface area contributed by atoms with E-state index >= 15 is 0 Å². The van der Waals surface area contributed by atoms with Gasteiger partial charge in [0.1, 0.15) is 6.61 Å². The van der Waals surface area contributed by atoms with E-state index in [0.29, 0.717) is 0 Å². The highest BCUT2D eigenvalue weighted by Gasteiger charge is 2.09. The monoisotopic (exact) mass is 323 g/mol. The Morgan fingerprint density at radius 2 is 1.95 bits per heavy atom. The molecule has 2 aromatic rings. The van der Waals surface area contributed by atoms with E-state index in [1.165, 1.54) is 0 Å². The van der Waals surface area contributed by atoms with Crippen molar-refractivity contribution in [3.05, 3.63) is 45.4 Å². The van der Waals surface area contributed by atoms with Crippen LogP contribution in [0.5, 0.6) is 0 Å². The lowest BCUT2D eigenvalue weighted by molar-refractivity contribution is -0.144. The van der Waals surface area contributed by atoms with Crippen molar-refractivity contribution >= 4 is 28.1 Å². The van der Waals surface area contributed by atoms with Crippen molar-refractivity contribution < 1.29 is 13.7 Å². The van der Waals surface area contributed by atoms with Crippen LogP contribution < -0.4 is 0 Å². The van der Waals surface area contributed by atoms with Gasteiger partial charge in [0.2, 0.25) is 0 Å². The van der Waals surface area contributed by atoms with Crippen LogP contribution in [0.1, 0.15) is 21.1 Å². The van der Waals surface area contributed by atoms with Gasteiger partial charge in [0.15, 0.2) is 0 Å². The van der Waals surface area contributed by atoms with Crippen molar-refractivity contribution in [1.82, 2.24) is 4.98 Å². The van der Waals surface area contributed by atoms with Gasteiger partial charge in [-0.3, -0.25) is 9.00 Å². The molecule has 0 radical (unpaired) electrons.